The minimum atomic E-state index is -2.36. The molecule has 0 aliphatic heterocycles. The van der Waals surface area contributed by atoms with E-state index < -0.39 is 36.4 Å². The van der Waals surface area contributed by atoms with E-state index in [4.69, 9.17) is 30.6 Å². The van der Waals surface area contributed by atoms with Crippen LogP contribution >= 0.6 is 0 Å². The maximum absolute atomic E-state index is 10.1. The number of hydrogen-bond donors (Lipinski definition) is 6. The van der Waals surface area contributed by atoms with Crippen LogP contribution in [-0.4, -0.2) is 77.9 Å². The molecule has 10 N–H and O–H groups in total. The molecule has 0 bridgehead atoms. The van der Waals surface area contributed by atoms with E-state index in [2.05, 4.69) is 0 Å². The summed E-state index contributed by atoms with van der Waals surface area (Å²) < 4.78 is 0. The Morgan fingerprint density at radius 2 is 0.941 bits per heavy atom. The first-order valence-corrected chi connectivity index (χ1v) is 3.47. The summed E-state index contributed by atoms with van der Waals surface area (Å²) in [4.78, 5) is 20.2. The van der Waals surface area contributed by atoms with Gasteiger partial charge in [-0.2, -0.15) is 0 Å². The van der Waals surface area contributed by atoms with E-state index in [1.807, 2.05) is 0 Å². The fourth-order valence-corrected chi connectivity index (χ4v) is 0.666. The summed E-state index contributed by atoms with van der Waals surface area (Å²) in [6, 6.07) is 0. The summed E-state index contributed by atoms with van der Waals surface area (Å²) in [7, 11) is 0. The zero-order valence-corrected chi connectivity index (χ0v) is 10.8. The van der Waals surface area contributed by atoms with Gasteiger partial charge in [0.05, 0.1) is 0 Å². The normalized spacial score (nSPS) is 16.0. The summed E-state index contributed by atoms with van der Waals surface area (Å²) in [5.74, 6) is -3.68. The molecule has 0 saturated carbocycles. The van der Waals surface area contributed by atoms with E-state index in [1.165, 1.54) is 0 Å². The summed E-state index contributed by atoms with van der Waals surface area (Å²) in [6.07, 6.45) is -9.28. The molecule has 0 aliphatic rings. The van der Waals surface area contributed by atoms with Gasteiger partial charge in [0.1, 0.15) is 12.2 Å². The number of carboxylic acids is 2. The second-order valence-corrected chi connectivity index (χ2v) is 2.55. The first kappa shape index (κ1) is 25.5. The van der Waals surface area contributed by atoms with Crippen molar-refractivity contribution in [3.63, 3.8) is 0 Å². The first-order valence-electron chi connectivity index (χ1n) is 3.47. The van der Waals surface area contributed by atoms with Crippen LogP contribution in [0.2, 0.25) is 0 Å². The Morgan fingerprint density at radius 3 is 1.06 bits per heavy atom. The molecule has 11 heteroatoms. The number of aliphatic hydroxyl groups is 4. The quantitative estimate of drug-likeness (QED) is 0.263. The zero-order chi connectivity index (χ0) is 11.5. The van der Waals surface area contributed by atoms with Crippen molar-refractivity contribution in [1.29, 1.82) is 0 Å². The van der Waals surface area contributed by atoms with Gasteiger partial charge in [-0.1, -0.05) is 0 Å². The molecule has 17 heavy (non-hydrogen) atoms. The van der Waals surface area contributed by atoms with Gasteiger partial charge in [0.25, 0.3) is 0 Å². The number of aliphatic hydroxyl groups excluding tert-OH is 4. The van der Waals surface area contributed by atoms with E-state index in [1.54, 1.807) is 0 Å². The van der Waals surface area contributed by atoms with Crippen molar-refractivity contribution in [1.82, 2.24) is 0 Å². The molecule has 0 aliphatic carbocycles. The van der Waals surface area contributed by atoms with Crippen LogP contribution in [0.15, 0.2) is 0 Å². The summed E-state index contributed by atoms with van der Waals surface area (Å²) >= 11 is 0. The van der Waals surface area contributed by atoms with Gasteiger partial charge in [-0.3, -0.25) is 0 Å². The SMILES string of the molecule is O.O.O=C(O)C(O)C(O)C(O)C(O)C(=O)O.[H-].[Na+]. The Labute approximate surface area is 119 Å². The summed E-state index contributed by atoms with van der Waals surface area (Å²) in [5, 5.41) is 51.5. The molecule has 0 fully saturated rings. The maximum atomic E-state index is 10.1. The fraction of sp³-hybridized carbons (Fsp3) is 0.667. The van der Waals surface area contributed by atoms with Gasteiger partial charge in [0, 0.05) is 0 Å². The van der Waals surface area contributed by atoms with Crippen molar-refractivity contribution < 1.29 is 82.2 Å². The molecule has 0 rings (SSSR count). The van der Waals surface area contributed by atoms with Crippen molar-refractivity contribution in [3.05, 3.63) is 0 Å². The zero-order valence-electron chi connectivity index (χ0n) is 9.81. The Balaban J connectivity index is -0.000000141. The third-order valence-corrected chi connectivity index (χ3v) is 1.50. The molecule has 0 heterocycles. The van der Waals surface area contributed by atoms with E-state index in [0.717, 1.165) is 0 Å². The summed E-state index contributed by atoms with van der Waals surface area (Å²) in [5.41, 5.74) is 0. The largest absolute Gasteiger partial charge is 1.00 e. The molecule has 0 aromatic rings. The minimum absolute atomic E-state index is 0. The Bertz CT molecular complexity index is 214. The molecule has 0 amide bonds. The van der Waals surface area contributed by atoms with E-state index >= 15 is 0 Å². The third kappa shape index (κ3) is 7.59. The van der Waals surface area contributed by atoms with Crippen molar-refractivity contribution in [2.45, 2.75) is 24.4 Å². The first-order chi connectivity index (χ1) is 6.29. The molecular weight excluding hydrogens is 255 g/mol. The molecule has 0 radical (unpaired) electrons. The van der Waals surface area contributed by atoms with Gasteiger partial charge in [-0.25, -0.2) is 9.59 Å². The summed E-state index contributed by atoms with van der Waals surface area (Å²) in [6.45, 7) is 0. The van der Waals surface area contributed by atoms with Crippen LogP contribution in [0.1, 0.15) is 1.43 Å². The van der Waals surface area contributed by atoms with Crippen LogP contribution in [0.3, 0.4) is 0 Å². The Hall–Kier alpha value is -0.300. The smallest absolute Gasteiger partial charge is 1.00 e. The van der Waals surface area contributed by atoms with Gasteiger partial charge in [0.2, 0.25) is 0 Å². The van der Waals surface area contributed by atoms with Crippen LogP contribution in [0.4, 0.5) is 0 Å². The fourth-order valence-electron chi connectivity index (χ4n) is 0.666. The maximum Gasteiger partial charge on any atom is 1.00 e. The number of rotatable bonds is 5. The molecule has 4 atom stereocenters. The average Bonchev–Trinajstić information content (AvgIpc) is 2.12. The van der Waals surface area contributed by atoms with Crippen LogP contribution in [0, 0.1) is 0 Å². The standard InChI is InChI=1S/C6H10O8.Na.2H2O.H/c7-1(3(9)5(11)12)2(8)4(10)6(13)14;;;;/h1-4,7-10H,(H,11,12)(H,13,14);;2*1H2;/q;+1;;;-1. The van der Waals surface area contributed by atoms with Crippen molar-refractivity contribution >= 4 is 11.9 Å². The molecule has 10 nitrogen and oxygen atoms in total. The molecule has 0 aromatic heterocycles. The molecule has 4 unspecified atom stereocenters. The van der Waals surface area contributed by atoms with Crippen LogP contribution in [0.5, 0.6) is 0 Å². The van der Waals surface area contributed by atoms with Crippen LogP contribution in [-0.2, 0) is 9.59 Å². The van der Waals surface area contributed by atoms with Crippen molar-refractivity contribution in [2.24, 2.45) is 0 Å². The predicted molar refractivity (Wildman–Crippen MR) is 47.6 cm³/mol. The van der Waals surface area contributed by atoms with Crippen molar-refractivity contribution in [3.8, 4) is 0 Å². The molecule has 0 aromatic carbocycles. The third-order valence-electron chi connectivity index (χ3n) is 1.50. The van der Waals surface area contributed by atoms with E-state index in [-0.39, 0.29) is 41.9 Å². The topological polar surface area (TPSA) is 219 Å². The predicted octanol–water partition coefficient (Wildman–Crippen LogP) is -7.93. The van der Waals surface area contributed by atoms with E-state index in [9.17, 15) is 9.59 Å². The van der Waals surface area contributed by atoms with E-state index in [0.29, 0.717) is 0 Å². The molecule has 100 valence electrons. The number of aliphatic carboxylic acids is 2. The minimum Gasteiger partial charge on any atom is -1.00 e. The number of carboxylic acid groups (broad SMARTS) is 2. The van der Waals surface area contributed by atoms with Crippen LogP contribution < -0.4 is 29.6 Å². The van der Waals surface area contributed by atoms with Gasteiger partial charge < -0.3 is 43.0 Å². The molecule has 0 spiro atoms. The van der Waals surface area contributed by atoms with Gasteiger partial charge in [0.15, 0.2) is 12.2 Å². The number of hydrogen-bond acceptors (Lipinski definition) is 6. The Morgan fingerprint density at radius 1 is 0.765 bits per heavy atom. The second-order valence-electron chi connectivity index (χ2n) is 2.55. The average molecular weight is 270 g/mol. The molecule has 0 saturated heterocycles. The van der Waals surface area contributed by atoms with Gasteiger partial charge >= 0.3 is 41.5 Å². The monoisotopic (exact) mass is 270 g/mol. The second kappa shape index (κ2) is 10.8. The van der Waals surface area contributed by atoms with Gasteiger partial charge in [-0.15, -0.1) is 0 Å². The van der Waals surface area contributed by atoms with Gasteiger partial charge in [-0.05, 0) is 0 Å². The number of carbonyl (C=O) groups is 2. The Kier molecular flexibility index (Phi) is 16.3. The van der Waals surface area contributed by atoms with Crippen LogP contribution in [0.25, 0.3) is 0 Å². The molecular formula is C6H15NaO10. The van der Waals surface area contributed by atoms with Crippen molar-refractivity contribution in [2.75, 3.05) is 0 Å².